The molecule has 0 amide bonds. The van der Waals surface area contributed by atoms with E-state index >= 15 is 0 Å². The molecule has 6 heteroatoms. The summed E-state index contributed by atoms with van der Waals surface area (Å²) in [4.78, 5) is 11.5. The Kier molecular flexibility index (Phi) is 4.68. The van der Waals surface area contributed by atoms with Crippen molar-refractivity contribution in [1.82, 2.24) is 0 Å². The van der Waals surface area contributed by atoms with Crippen LogP contribution in [0.5, 0.6) is 0 Å². The van der Waals surface area contributed by atoms with Crippen LogP contribution in [0, 0.1) is 0 Å². The Hall–Kier alpha value is -1.16. The molecule has 5 nitrogen and oxygen atoms in total. The summed E-state index contributed by atoms with van der Waals surface area (Å²) < 4.78 is 25.7. The molecular formula is C10H13O5P. The number of hydrogen-bond acceptors (Lipinski definition) is 5. The summed E-state index contributed by atoms with van der Waals surface area (Å²) in [6.45, 7) is 1.76. The van der Waals surface area contributed by atoms with Gasteiger partial charge in [0.05, 0.1) is 12.2 Å². The molecule has 0 aromatic heterocycles. The summed E-state index contributed by atoms with van der Waals surface area (Å²) in [5.41, 5.74) is 0.291. The van der Waals surface area contributed by atoms with E-state index in [2.05, 4.69) is 9.05 Å². The fourth-order valence-electron chi connectivity index (χ4n) is 1.00. The second-order valence-corrected chi connectivity index (χ2v) is 4.49. The molecular weight excluding hydrogens is 231 g/mol. The van der Waals surface area contributed by atoms with E-state index in [0.29, 0.717) is 5.56 Å². The third-order valence-corrected chi connectivity index (χ3v) is 3.13. The average Bonchev–Trinajstić information content (AvgIpc) is 2.30. The smallest absolute Gasteiger partial charge is 0.367 e. The predicted molar refractivity (Wildman–Crippen MR) is 58.1 cm³/mol. The third kappa shape index (κ3) is 3.45. The predicted octanol–water partition coefficient (Wildman–Crippen LogP) is 2.63. The molecule has 0 bridgehead atoms. The minimum Gasteiger partial charge on any atom is -0.367 e. The lowest BCUT2D eigenvalue weighted by Crippen LogP contribution is -2.06. The highest BCUT2D eigenvalue weighted by molar-refractivity contribution is 7.49. The summed E-state index contributed by atoms with van der Waals surface area (Å²) >= 11 is 0. The number of carbonyl (C=O) groups is 1. The second-order valence-electron chi connectivity index (χ2n) is 2.79. The molecule has 0 aliphatic carbocycles. The largest absolute Gasteiger partial charge is 0.532 e. The van der Waals surface area contributed by atoms with Crippen LogP contribution in [0.25, 0.3) is 0 Å². The lowest BCUT2D eigenvalue weighted by molar-refractivity contribution is 0.0625. The maximum atomic E-state index is 11.7. The molecule has 1 aromatic carbocycles. The van der Waals surface area contributed by atoms with Gasteiger partial charge in [-0.1, -0.05) is 18.2 Å². The minimum absolute atomic E-state index is 0.132. The zero-order chi connectivity index (χ0) is 12.0. The SMILES string of the molecule is CCOP(=O)(OC)OC(=O)c1ccccc1. The first-order valence-corrected chi connectivity index (χ1v) is 6.16. The van der Waals surface area contributed by atoms with Crippen molar-refractivity contribution < 1.29 is 22.9 Å². The number of hydrogen-bond donors (Lipinski definition) is 0. The molecule has 0 saturated carbocycles. The Morgan fingerprint density at radius 2 is 1.94 bits per heavy atom. The molecule has 1 aromatic rings. The Balaban J connectivity index is 2.74. The number of phosphoric ester groups is 1. The molecule has 1 rings (SSSR count). The Bertz CT molecular complexity index is 389. The van der Waals surface area contributed by atoms with Gasteiger partial charge in [-0.25, -0.2) is 9.36 Å². The molecule has 88 valence electrons. The van der Waals surface area contributed by atoms with Gasteiger partial charge in [0, 0.05) is 7.11 Å². The normalized spacial score (nSPS) is 14.1. The van der Waals surface area contributed by atoms with Crippen LogP contribution in [-0.4, -0.2) is 19.7 Å². The summed E-state index contributed by atoms with van der Waals surface area (Å²) in [5.74, 6) is -0.737. The van der Waals surface area contributed by atoms with Crippen molar-refractivity contribution in [2.75, 3.05) is 13.7 Å². The van der Waals surface area contributed by atoms with Crippen LogP contribution in [0.1, 0.15) is 17.3 Å². The quantitative estimate of drug-likeness (QED) is 0.745. The van der Waals surface area contributed by atoms with Gasteiger partial charge in [-0.3, -0.25) is 9.05 Å². The first-order chi connectivity index (χ1) is 7.61. The van der Waals surface area contributed by atoms with E-state index in [1.165, 1.54) is 0 Å². The van der Waals surface area contributed by atoms with Gasteiger partial charge >= 0.3 is 13.8 Å². The Morgan fingerprint density at radius 1 is 1.31 bits per heavy atom. The van der Waals surface area contributed by atoms with Crippen LogP contribution in [-0.2, 0) is 18.1 Å². The zero-order valence-corrected chi connectivity index (χ0v) is 9.98. The Labute approximate surface area is 93.9 Å². The highest BCUT2D eigenvalue weighted by atomic mass is 31.2. The van der Waals surface area contributed by atoms with Crippen molar-refractivity contribution in [2.24, 2.45) is 0 Å². The van der Waals surface area contributed by atoms with Gasteiger partial charge in [0.25, 0.3) is 0 Å². The van der Waals surface area contributed by atoms with Crippen molar-refractivity contribution in [1.29, 1.82) is 0 Å². The molecule has 0 heterocycles. The van der Waals surface area contributed by atoms with E-state index in [1.54, 1.807) is 37.3 Å². The van der Waals surface area contributed by atoms with E-state index in [1.807, 2.05) is 0 Å². The van der Waals surface area contributed by atoms with E-state index in [-0.39, 0.29) is 6.61 Å². The highest BCUT2D eigenvalue weighted by Gasteiger charge is 2.29. The average molecular weight is 244 g/mol. The van der Waals surface area contributed by atoms with E-state index < -0.39 is 13.8 Å². The Morgan fingerprint density at radius 3 is 2.44 bits per heavy atom. The van der Waals surface area contributed by atoms with Crippen LogP contribution in [0.4, 0.5) is 0 Å². The molecule has 1 unspecified atom stereocenters. The zero-order valence-electron chi connectivity index (χ0n) is 9.08. The molecule has 16 heavy (non-hydrogen) atoms. The van der Waals surface area contributed by atoms with Crippen molar-refractivity contribution in [3.63, 3.8) is 0 Å². The van der Waals surface area contributed by atoms with Crippen LogP contribution >= 0.6 is 7.82 Å². The lowest BCUT2D eigenvalue weighted by atomic mass is 10.2. The maximum absolute atomic E-state index is 11.7. The number of phosphoric acid groups is 1. The van der Waals surface area contributed by atoms with Gasteiger partial charge < -0.3 is 4.52 Å². The van der Waals surface area contributed by atoms with Gasteiger partial charge in [-0.2, -0.15) is 0 Å². The number of rotatable bonds is 5. The topological polar surface area (TPSA) is 61.8 Å². The number of carbonyl (C=O) groups excluding carboxylic acids is 1. The molecule has 0 saturated heterocycles. The van der Waals surface area contributed by atoms with Crippen LogP contribution < -0.4 is 0 Å². The van der Waals surface area contributed by atoms with E-state index in [9.17, 15) is 9.36 Å². The van der Waals surface area contributed by atoms with Crippen molar-refractivity contribution in [2.45, 2.75) is 6.92 Å². The van der Waals surface area contributed by atoms with Crippen LogP contribution in [0.15, 0.2) is 30.3 Å². The van der Waals surface area contributed by atoms with E-state index in [4.69, 9.17) is 4.52 Å². The molecule has 1 atom stereocenters. The molecule has 0 radical (unpaired) electrons. The summed E-state index contributed by atoms with van der Waals surface area (Å²) in [7, 11) is -2.61. The fourth-order valence-corrected chi connectivity index (χ4v) is 1.86. The number of benzene rings is 1. The monoisotopic (exact) mass is 244 g/mol. The third-order valence-electron chi connectivity index (χ3n) is 1.72. The van der Waals surface area contributed by atoms with Crippen LogP contribution in [0.3, 0.4) is 0 Å². The lowest BCUT2D eigenvalue weighted by Gasteiger charge is -2.14. The minimum atomic E-state index is -3.77. The standard InChI is InChI=1S/C10H13O5P/c1-3-14-16(12,13-2)15-10(11)9-7-5-4-6-8-9/h4-8H,3H2,1-2H3. The fraction of sp³-hybridized carbons (Fsp3) is 0.300. The maximum Gasteiger partial charge on any atom is 0.532 e. The molecule has 0 fully saturated rings. The van der Waals surface area contributed by atoms with Gasteiger partial charge in [0.15, 0.2) is 0 Å². The second kappa shape index (κ2) is 5.80. The van der Waals surface area contributed by atoms with Crippen LogP contribution in [0.2, 0.25) is 0 Å². The van der Waals surface area contributed by atoms with Crippen molar-refractivity contribution >= 4 is 13.8 Å². The van der Waals surface area contributed by atoms with Crippen molar-refractivity contribution in [3.8, 4) is 0 Å². The van der Waals surface area contributed by atoms with Gasteiger partial charge in [0.2, 0.25) is 0 Å². The summed E-state index contributed by atoms with van der Waals surface area (Å²) in [6, 6.07) is 8.21. The van der Waals surface area contributed by atoms with Crippen molar-refractivity contribution in [3.05, 3.63) is 35.9 Å². The summed E-state index contributed by atoms with van der Waals surface area (Å²) in [5, 5.41) is 0. The molecule has 0 aliphatic rings. The van der Waals surface area contributed by atoms with Gasteiger partial charge in [-0.05, 0) is 19.1 Å². The molecule has 0 spiro atoms. The van der Waals surface area contributed by atoms with Gasteiger partial charge in [-0.15, -0.1) is 0 Å². The highest BCUT2D eigenvalue weighted by Crippen LogP contribution is 2.48. The summed E-state index contributed by atoms with van der Waals surface area (Å²) in [6.07, 6.45) is 0. The first-order valence-electron chi connectivity index (χ1n) is 4.70. The molecule has 0 aliphatic heterocycles. The first kappa shape index (κ1) is 12.9. The molecule has 0 N–H and O–H groups in total. The van der Waals surface area contributed by atoms with E-state index in [0.717, 1.165) is 7.11 Å². The van der Waals surface area contributed by atoms with Gasteiger partial charge in [0.1, 0.15) is 0 Å².